The Bertz CT molecular complexity index is 1100. The Hall–Kier alpha value is -0.850. The summed E-state index contributed by atoms with van der Waals surface area (Å²) < 4.78 is 70.7. The Morgan fingerprint density at radius 3 is 1.70 bits per heavy atom. The van der Waals surface area contributed by atoms with Crippen molar-refractivity contribution in [2.24, 2.45) is 34.4 Å². The average molecular weight is 695 g/mol. The molecule has 4 aliphatic rings. The van der Waals surface area contributed by atoms with Gasteiger partial charge in [-0.2, -0.15) is 8.42 Å². The van der Waals surface area contributed by atoms with Crippen molar-refractivity contribution in [1.29, 1.82) is 0 Å². The van der Waals surface area contributed by atoms with Gasteiger partial charge < -0.3 is 93.5 Å². The molecule has 4 fully saturated rings. The third-order valence-electron chi connectivity index (χ3n) is 8.58. The molecule has 0 unspecified atom stereocenters. The van der Waals surface area contributed by atoms with E-state index in [9.17, 15) is 39.1 Å². The van der Waals surface area contributed by atoms with E-state index in [-0.39, 0.29) is 13.0 Å². The van der Waals surface area contributed by atoms with Crippen molar-refractivity contribution in [2.45, 2.75) is 123 Å². The van der Waals surface area contributed by atoms with Gasteiger partial charge in [-0.3, -0.25) is 4.55 Å². The van der Waals surface area contributed by atoms with Gasteiger partial charge in [0.15, 0.2) is 18.9 Å². The maximum absolute atomic E-state index is 11.3. The lowest BCUT2D eigenvalue weighted by Crippen LogP contribution is -2.68. The van der Waals surface area contributed by atoms with E-state index in [0.29, 0.717) is 0 Å². The molecule has 46 heavy (non-hydrogen) atoms. The maximum Gasteiger partial charge on any atom is 0.397 e. The molecule has 0 aromatic rings. The van der Waals surface area contributed by atoms with Gasteiger partial charge in [0, 0.05) is 25.2 Å². The number of hydrogen-bond donors (Lipinski definition) is 13. The predicted octanol–water partition coefficient (Wildman–Crippen LogP) is -9.07. The predicted molar refractivity (Wildman–Crippen MR) is 149 cm³/mol. The van der Waals surface area contributed by atoms with Crippen molar-refractivity contribution in [3.05, 3.63) is 0 Å². The Morgan fingerprint density at radius 1 is 0.609 bits per heavy atom. The zero-order valence-corrected chi connectivity index (χ0v) is 25.3. The summed E-state index contributed by atoms with van der Waals surface area (Å²) in [6.45, 7) is -1.30. The zero-order valence-electron chi connectivity index (χ0n) is 24.5. The summed E-state index contributed by atoms with van der Waals surface area (Å²) in [6.07, 6.45) is -21.9. The van der Waals surface area contributed by atoms with Gasteiger partial charge in [0.05, 0.1) is 24.8 Å². The van der Waals surface area contributed by atoms with Gasteiger partial charge in [0.25, 0.3) is 0 Å². The molecule has 3 heterocycles. The van der Waals surface area contributed by atoms with Gasteiger partial charge in [-0.25, -0.2) is 4.18 Å². The van der Waals surface area contributed by atoms with Crippen LogP contribution < -0.4 is 34.4 Å². The van der Waals surface area contributed by atoms with Crippen LogP contribution in [0.4, 0.5) is 0 Å². The molecule has 1 saturated carbocycles. The highest BCUT2D eigenvalue weighted by Gasteiger charge is 2.54. The molecule has 19 atom stereocenters. The van der Waals surface area contributed by atoms with Gasteiger partial charge in [-0.1, -0.05) is 0 Å². The van der Waals surface area contributed by atoms with E-state index < -0.39 is 140 Å². The Kier molecular flexibility index (Phi) is 12.7. The maximum atomic E-state index is 11.3. The molecule has 0 amide bonds. The van der Waals surface area contributed by atoms with Crippen LogP contribution in [0.5, 0.6) is 0 Å². The van der Waals surface area contributed by atoms with Crippen LogP contribution in [0.3, 0.4) is 0 Å². The monoisotopic (exact) mass is 694 g/mol. The molecule has 270 valence electrons. The van der Waals surface area contributed by atoms with E-state index in [2.05, 4.69) is 4.18 Å². The van der Waals surface area contributed by atoms with Gasteiger partial charge in [0.2, 0.25) is 0 Å². The molecule has 3 aliphatic heterocycles. The van der Waals surface area contributed by atoms with Crippen LogP contribution in [0.25, 0.3) is 0 Å². The highest BCUT2D eigenvalue weighted by molar-refractivity contribution is 7.80. The molecule has 1 aliphatic carbocycles. The normalized spacial score (nSPS) is 50.5. The quantitative estimate of drug-likeness (QED) is 0.0892. The van der Waals surface area contributed by atoms with E-state index in [1.54, 1.807) is 0 Å². The Labute approximate surface area is 263 Å². The van der Waals surface area contributed by atoms with Gasteiger partial charge >= 0.3 is 10.4 Å². The second kappa shape index (κ2) is 15.4. The fraction of sp³-hybridized carbons (Fsp3) is 1.00. The van der Waals surface area contributed by atoms with Crippen LogP contribution in [-0.2, 0) is 43.0 Å². The van der Waals surface area contributed by atoms with Gasteiger partial charge in [-0.15, -0.1) is 0 Å². The number of nitrogens with two attached hydrogens (primary N) is 6. The van der Waals surface area contributed by atoms with Crippen molar-refractivity contribution in [2.75, 3.05) is 19.7 Å². The molecular weight excluding hydrogens is 648 g/mol. The van der Waals surface area contributed by atoms with Crippen molar-refractivity contribution in [3.8, 4) is 0 Å². The number of aliphatic hydroxyl groups excluding tert-OH is 6. The second-order valence-corrected chi connectivity index (χ2v) is 12.8. The molecule has 0 aromatic carbocycles. The van der Waals surface area contributed by atoms with Crippen LogP contribution in [0.15, 0.2) is 0 Å². The van der Waals surface area contributed by atoms with E-state index in [1.165, 1.54) is 0 Å². The first-order valence-corrected chi connectivity index (χ1v) is 15.9. The molecular formula is C23H46N6O16S. The molecule has 0 radical (unpaired) electrons. The summed E-state index contributed by atoms with van der Waals surface area (Å²) in [6, 6.07) is -4.70. The summed E-state index contributed by atoms with van der Waals surface area (Å²) in [5, 5.41) is 63.3. The second-order valence-electron chi connectivity index (χ2n) is 11.7. The highest BCUT2D eigenvalue weighted by atomic mass is 32.3. The zero-order chi connectivity index (χ0) is 34.2. The lowest BCUT2D eigenvalue weighted by molar-refractivity contribution is -0.305. The smallest absolute Gasteiger partial charge is 0.394 e. The van der Waals surface area contributed by atoms with E-state index in [4.69, 9.17) is 67.4 Å². The van der Waals surface area contributed by atoms with Crippen molar-refractivity contribution in [1.82, 2.24) is 0 Å². The fourth-order valence-corrected chi connectivity index (χ4v) is 6.50. The average Bonchev–Trinajstić information content (AvgIpc) is 3.29. The van der Waals surface area contributed by atoms with Crippen LogP contribution in [-0.4, -0.2) is 180 Å². The molecule has 22 nitrogen and oxygen atoms in total. The fourth-order valence-electron chi connectivity index (χ4n) is 5.98. The summed E-state index contributed by atoms with van der Waals surface area (Å²) >= 11 is 0. The first kappa shape index (κ1) is 38.0. The summed E-state index contributed by atoms with van der Waals surface area (Å²) in [5.74, 6) is 0. The van der Waals surface area contributed by atoms with E-state index in [0.717, 1.165) is 0 Å². The van der Waals surface area contributed by atoms with E-state index in [1.807, 2.05) is 0 Å². The third-order valence-corrected chi connectivity index (χ3v) is 9.04. The lowest BCUT2D eigenvalue weighted by Gasteiger charge is -2.47. The summed E-state index contributed by atoms with van der Waals surface area (Å²) in [7, 11) is -5.04. The lowest BCUT2D eigenvalue weighted by atomic mass is 9.84. The minimum absolute atomic E-state index is 0.00249. The first-order valence-electron chi connectivity index (χ1n) is 14.5. The van der Waals surface area contributed by atoms with Gasteiger partial charge in [-0.05, 0) is 6.42 Å². The standard InChI is InChI=1S/C23H46N6O16S/c24-2-7-13(32)14(33)10(28)21(39-7)43-18-9(4-30)41-23(16(18)35)44-20-12(31)5(26)1-6(27)17(20)42-22-11(29)15(34)19(8(3-25)40-22)45-46(36,37)38/h5-23,30-35H,1-4,24-29H2,(H,36,37,38)/t5-,6+,7+,8-,9+,10-,11+,12-,13-,14+,15-,16-,17+,18-,19+,20-,21-,22+,23-/m1/s1. The topological polar surface area (TPSA) is 396 Å². The molecule has 0 spiro atoms. The first-order chi connectivity index (χ1) is 21.5. The van der Waals surface area contributed by atoms with Gasteiger partial charge in [0.1, 0.15) is 67.1 Å². The highest BCUT2D eigenvalue weighted by Crippen LogP contribution is 2.34. The molecule has 23 heteroatoms. The minimum atomic E-state index is -5.04. The molecule has 4 rings (SSSR count). The Balaban J connectivity index is 1.50. The SMILES string of the molecule is NC[C@@H]1O[C@H](O[C@H]2[C@@H](O)[C@@H](O[C@@H]3[C@H](O)[C@H](N)C[C@H](N)[C@@H]3O[C@@H]3O[C@H](CN)[C@H](OS(=O)(=O)O)[C@H](O)[C@@H]3N)O[C@H]2CO)[C@H](N)[C@H](O)[C@@H]1O. The number of rotatable bonds is 11. The van der Waals surface area contributed by atoms with Crippen molar-refractivity contribution in [3.63, 3.8) is 0 Å². The van der Waals surface area contributed by atoms with Crippen LogP contribution >= 0.6 is 0 Å². The summed E-state index contributed by atoms with van der Waals surface area (Å²) in [5.41, 5.74) is 35.7. The largest absolute Gasteiger partial charge is 0.397 e. The number of hydrogen-bond acceptors (Lipinski definition) is 21. The van der Waals surface area contributed by atoms with E-state index >= 15 is 0 Å². The van der Waals surface area contributed by atoms with Crippen molar-refractivity contribution < 1.29 is 76.2 Å². The minimum Gasteiger partial charge on any atom is -0.394 e. The molecule has 3 saturated heterocycles. The summed E-state index contributed by atoms with van der Waals surface area (Å²) in [4.78, 5) is 0. The third kappa shape index (κ3) is 7.96. The Morgan fingerprint density at radius 2 is 1.13 bits per heavy atom. The molecule has 0 aromatic heterocycles. The van der Waals surface area contributed by atoms with Crippen LogP contribution in [0.1, 0.15) is 6.42 Å². The number of ether oxygens (including phenoxy) is 6. The van der Waals surface area contributed by atoms with Crippen LogP contribution in [0.2, 0.25) is 0 Å². The van der Waals surface area contributed by atoms with Crippen molar-refractivity contribution >= 4 is 10.4 Å². The molecule has 19 N–H and O–H groups in total. The molecule has 0 bridgehead atoms. The van der Waals surface area contributed by atoms with Crippen LogP contribution in [0, 0.1) is 0 Å². The number of aliphatic hydroxyl groups is 6.